The zero-order chi connectivity index (χ0) is 20.7. The molecule has 0 saturated carbocycles. The number of benzene rings is 3. The molecule has 0 aliphatic heterocycles. The zero-order valence-corrected chi connectivity index (χ0v) is 18.0. The largest absolute Gasteiger partial charge is 0.456 e. The van der Waals surface area contributed by atoms with Crippen molar-refractivity contribution < 1.29 is 4.42 Å². The van der Waals surface area contributed by atoms with Crippen molar-refractivity contribution in [1.29, 1.82) is 0 Å². The molecule has 148 valence electrons. The first kappa shape index (κ1) is 18.9. The van der Waals surface area contributed by atoms with Gasteiger partial charge in [-0.3, -0.25) is 5.43 Å². The third kappa shape index (κ3) is 3.58. The average Bonchev–Trinajstić information content (AvgIpc) is 3.16. The van der Waals surface area contributed by atoms with Crippen molar-refractivity contribution in [2.75, 3.05) is 5.43 Å². The van der Waals surface area contributed by atoms with Gasteiger partial charge < -0.3 is 4.42 Å². The molecule has 0 bridgehead atoms. The van der Waals surface area contributed by atoms with Crippen molar-refractivity contribution in [2.45, 2.75) is 13.8 Å². The summed E-state index contributed by atoms with van der Waals surface area (Å²) in [5.74, 6) is 0.745. The van der Waals surface area contributed by atoms with Crippen molar-refractivity contribution in [3.8, 4) is 11.3 Å². The number of rotatable bonds is 3. The predicted molar refractivity (Wildman–Crippen MR) is 125 cm³/mol. The number of hydrogen-bond acceptors (Lipinski definition) is 5. The lowest BCUT2D eigenvalue weighted by Crippen LogP contribution is -2.07. The number of para-hydroxylation sites is 1. The van der Waals surface area contributed by atoms with Crippen LogP contribution in [0.1, 0.15) is 11.1 Å². The molecule has 2 aromatic heterocycles. The Hall–Kier alpha value is -3.15. The Kier molecular flexibility index (Phi) is 4.77. The van der Waals surface area contributed by atoms with Gasteiger partial charge in [-0.25, -0.2) is 4.98 Å². The first-order chi connectivity index (χ1) is 14.6. The van der Waals surface area contributed by atoms with Crippen LogP contribution in [0.25, 0.3) is 32.5 Å². The molecule has 0 spiro atoms. The second-order valence-corrected chi connectivity index (χ2v) is 8.61. The number of anilines is 1. The minimum absolute atomic E-state index is 0.678. The second kappa shape index (κ2) is 7.59. The summed E-state index contributed by atoms with van der Waals surface area (Å²) >= 11 is 7.95. The zero-order valence-electron chi connectivity index (χ0n) is 16.4. The molecule has 0 aliphatic carbocycles. The van der Waals surface area contributed by atoms with Crippen molar-refractivity contribution >= 4 is 49.3 Å². The Morgan fingerprint density at radius 1 is 1.00 bits per heavy atom. The van der Waals surface area contributed by atoms with Crippen molar-refractivity contribution in [3.05, 3.63) is 88.2 Å². The number of halogens is 1. The van der Waals surface area contributed by atoms with Gasteiger partial charge in [-0.05, 0) is 43.7 Å². The van der Waals surface area contributed by atoms with Gasteiger partial charge in [0, 0.05) is 22.0 Å². The quantitative estimate of drug-likeness (QED) is 0.316. The van der Waals surface area contributed by atoms with Crippen LogP contribution in [0.3, 0.4) is 0 Å². The smallest absolute Gasteiger partial charge is 0.204 e. The minimum atomic E-state index is 0.678. The second-order valence-electron chi connectivity index (χ2n) is 7.17. The van der Waals surface area contributed by atoms with E-state index in [1.807, 2.05) is 61.5 Å². The molecular formula is C24H18ClN3OS. The molecule has 6 heteroatoms. The Morgan fingerprint density at radius 2 is 1.80 bits per heavy atom. The Morgan fingerprint density at radius 3 is 2.60 bits per heavy atom. The summed E-state index contributed by atoms with van der Waals surface area (Å²) in [5, 5.41) is 7.65. The normalized spacial score (nSPS) is 12.0. The molecule has 1 N–H and O–H groups in total. The number of hydrogen-bond donors (Lipinski definition) is 1. The van der Waals surface area contributed by atoms with Gasteiger partial charge in [0.2, 0.25) is 5.13 Å². The van der Waals surface area contributed by atoms with Gasteiger partial charge >= 0.3 is 0 Å². The molecule has 0 saturated heterocycles. The maximum absolute atomic E-state index is 6.39. The summed E-state index contributed by atoms with van der Waals surface area (Å²) in [6.45, 7) is 4.03. The fourth-order valence-corrected chi connectivity index (χ4v) is 4.24. The molecule has 0 amide bonds. The Balaban J connectivity index is 1.66. The van der Waals surface area contributed by atoms with Crippen LogP contribution in [0.15, 0.2) is 76.2 Å². The van der Waals surface area contributed by atoms with Crippen LogP contribution in [-0.4, -0.2) is 4.98 Å². The van der Waals surface area contributed by atoms with Gasteiger partial charge in [0.15, 0.2) is 0 Å². The van der Waals surface area contributed by atoms with Crippen LogP contribution in [0.5, 0.6) is 0 Å². The van der Waals surface area contributed by atoms with Crippen LogP contribution in [-0.2, 0) is 0 Å². The lowest BCUT2D eigenvalue weighted by atomic mass is 10.1. The van der Waals surface area contributed by atoms with Gasteiger partial charge in [-0.2, -0.15) is 5.10 Å². The number of fused-ring (bicyclic) bond motifs is 2. The average molecular weight is 432 g/mol. The topological polar surface area (TPSA) is 50.4 Å². The van der Waals surface area contributed by atoms with Crippen LogP contribution >= 0.6 is 22.9 Å². The fraction of sp³-hybridized carbons (Fsp3) is 0.0833. The first-order valence-electron chi connectivity index (χ1n) is 9.53. The summed E-state index contributed by atoms with van der Waals surface area (Å²) in [5.41, 5.74) is 7.95. The summed E-state index contributed by atoms with van der Waals surface area (Å²) in [6, 6.07) is 22.0. The number of aromatic nitrogens is 1. The van der Waals surface area contributed by atoms with Gasteiger partial charge in [0.25, 0.3) is 0 Å². The maximum atomic E-state index is 6.39. The molecule has 5 rings (SSSR count). The Labute approximate surface area is 182 Å². The van der Waals surface area contributed by atoms with Gasteiger partial charge in [-0.15, -0.1) is 0 Å². The van der Waals surface area contributed by atoms with E-state index in [0.29, 0.717) is 5.02 Å². The van der Waals surface area contributed by atoms with E-state index in [1.165, 1.54) is 5.56 Å². The third-order valence-electron chi connectivity index (χ3n) is 4.93. The monoisotopic (exact) mass is 431 g/mol. The summed E-state index contributed by atoms with van der Waals surface area (Å²) < 4.78 is 7.32. The third-order valence-corrected chi connectivity index (χ3v) is 6.27. The molecule has 2 heterocycles. The van der Waals surface area contributed by atoms with Crippen LogP contribution < -0.4 is 10.8 Å². The van der Waals surface area contributed by atoms with E-state index in [0.717, 1.165) is 48.6 Å². The SMILES string of the molecule is Cc1ccc(-c2c/c(=N\Nc3nc4ccccc4s3)c3cc(Cl)c(C)cc3o2)cc1. The fourth-order valence-electron chi connectivity index (χ4n) is 3.27. The van der Waals surface area contributed by atoms with Crippen molar-refractivity contribution in [1.82, 2.24) is 4.98 Å². The van der Waals surface area contributed by atoms with Gasteiger partial charge in [0.05, 0.1) is 15.6 Å². The highest BCUT2D eigenvalue weighted by Gasteiger charge is 2.09. The minimum Gasteiger partial charge on any atom is -0.456 e. The molecule has 3 aromatic carbocycles. The highest BCUT2D eigenvalue weighted by Crippen LogP contribution is 2.27. The molecular weight excluding hydrogens is 414 g/mol. The molecule has 0 atom stereocenters. The van der Waals surface area contributed by atoms with Crippen LogP contribution in [0.4, 0.5) is 5.13 Å². The number of nitrogens with one attached hydrogen (secondary N) is 1. The van der Waals surface area contributed by atoms with E-state index in [9.17, 15) is 0 Å². The van der Waals surface area contributed by atoms with Gasteiger partial charge in [0.1, 0.15) is 11.3 Å². The summed E-state index contributed by atoms with van der Waals surface area (Å²) in [7, 11) is 0. The lowest BCUT2D eigenvalue weighted by Gasteiger charge is -2.07. The molecule has 4 nitrogen and oxygen atoms in total. The number of nitrogens with zero attached hydrogens (tertiary/aromatic N) is 2. The first-order valence-corrected chi connectivity index (χ1v) is 10.7. The molecule has 0 aliphatic rings. The molecule has 30 heavy (non-hydrogen) atoms. The summed E-state index contributed by atoms with van der Waals surface area (Å²) in [4.78, 5) is 4.59. The maximum Gasteiger partial charge on any atom is 0.204 e. The molecule has 0 fully saturated rings. The number of thiazole rings is 1. The standard InChI is InChI=1S/C24H18ClN3OS/c1-14-7-9-16(10-8-14)21-13-20(17-12-18(25)15(2)11-22(17)29-21)27-28-24-26-19-5-3-4-6-23(19)30-24/h3-13H,1-2H3,(H,26,28)/b27-20+. The molecule has 0 unspecified atom stereocenters. The van der Waals surface area contributed by atoms with Crippen LogP contribution in [0.2, 0.25) is 5.02 Å². The predicted octanol–water partition coefficient (Wildman–Crippen LogP) is 6.91. The number of aryl methyl sites for hydroxylation is 2. The van der Waals surface area contributed by atoms with E-state index >= 15 is 0 Å². The van der Waals surface area contributed by atoms with E-state index in [2.05, 4.69) is 34.6 Å². The van der Waals surface area contributed by atoms with E-state index in [1.54, 1.807) is 11.3 Å². The molecule has 0 radical (unpaired) electrons. The highest BCUT2D eigenvalue weighted by atomic mass is 35.5. The summed E-state index contributed by atoms with van der Waals surface area (Å²) in [6.07, 6.45) is 0. The van der Waals surface area contributed by atoms with Crippen molar-refractivity contribution in [3.63, 3.8) is 0 Å². The Bertz CT molecular complexity index is 1420. The van der Waals surface area contributed by atoms with E-state index < -0.39 is 0 Å². The lowest BCUT2D eigenvalue weighted by molar-refractivity contribution is 0.618. The molecule has 5 aromatic rings. The van der Waals surface area contributed by atoms with Crippen LogP contribution in [0, 0.1) is 13.8 Å². The van der Waals surface area contributed by atoms with Crippen molar-refractivity contribution in [2.24, 2.45) is 5.10 Å². The highest BCUT2D eigenvalue weighted by molar-refractivity contribution is 7.22. The van der Waals surface area contributed by atoms with E-state index in [-0.39, 0.29) is 0 Å². The van der Waals surface area contributed by atoms with E-state index in [4.69, 9.17) is 16.0 Å². The van der Waals surface area contributed by atoms with Gasteiger partial charge in [-0.1, -0.05) is 64.9 Å².